The molecule has 19 heavy (non-hydrogen) atoms. The molecule has 2 heterocycles. The molecule has 1 aromatic carbocycles. The van der Waals surface area contributed by atoms with Gasteiger partial charge in [0.25, 0.3) is 0 Å². The maximum absolute atomic E-state index is 11.0. The first kappa shape index (κ1) is 12.3. The molecule has 2 aliphatic rings. The van der Waals surface area contributed by atoms with Gasteiger partial charge in [-0.3, -0.25) is 4.90 Å². The highest BCUT2D eigenvalue weighted by Crippen LogP contribution is 2.38. The van der Waals surface area contributed by atoms with Gasteiger partial charge in [-0.05, 0) is 12.1 Å². The first-order chi connectivity index (χ1) is 9.15. The minimum Gasteiger partial charge on any atom is -0.508 e. The first-order valence-electron chi connectivity index (χ1n) is 6.19. The van der Waals surface area contributed by atoms with Gasteiger partial charge in [0, 0.05) is 24.7 Å². The van der Waals surface area contributed by atoms with Gasteiger partial charge in [-0.25, -0.2) is 4.79 Å². The van der Waals surface area contributed by atoms with E-state index in [1.807, 2.05) is 6.07 Å². The fourth-order valence-corrected chi connectivity index (χ4v) is 2.59. The van der Waals surface area contributed by atoms with Crippen LogP contribution in [-0.2, 0) is 9.53 Å². The largest absolute Gasteiger partial charge is 0.508 e. The van der Waals surface area contributed by atoms with E-state index in [9.17, 15) is 9.90 Å². The van der Waals surface area contributed by atoms with Crippen LogP contribution in [0.25, 0.3) is 0 Å². The van der Waals surface area contributed by atoms with E-state index < -0.39 is 12.1 Å². The monoisotopic (exact) mass is 265 g/mol. The van der Waals surface area contributed by atoms with Crippen LogP contribution >= 0.6 is 0 Å². The minimum absolute atomic E-state index is 0.0290. The summed E-state index contributed by atoms with van der Waals surface area (Å²) in [6.07, 6.45) is -0.782. The lowest BCUT2D eigenvalue weighted by Crippen LogP contribution is -2.47. The van der Waals surface area contributed by atoms with Crippen LogP contribution in [0.15, 0.2) is 18.2 Å². The molecule has 2 N–H and O–H groups in total. The normalized spacial score (nSPS) is 26.7. The Morgan fingerprint density at radius 2 is 2.26 bits per heavy atom. The number of fused-ring (bicyclic) bond motifs is 1. The second kappa shape index (κ2) is 4.71. The molecule has 0 spiro atoms. The predicted octanol–water partition coefficient (Wildman–Crippen LogP) is 0.611. The van der Waals surface area contributed by atoms with Crippen molar-refractivity contribution in [2.24, 2.45) is 0 Å². The number of aliphatic carboxylic acids is 1. The van der Waals surface area contributed by atoms with Crippen LogP contribution in [0.4, 0.5) is 0 Å². The predicted molar refractivity (Wildman–Crippen MR) is 65.3 cm³/mol. The van der Waals surface area contributed by atoms with Gasteiger partial charge in [0.05, 0.1) is 12.6 Å². The molecule has 1 aromatic rings. The highest BCUT2D eigenvalue weighted by atomic mass is 16.5. The van der Waals surface area contributed by atoms with E-state index in [2.05, 4.69) is 4.90 Å². The van der Waals surface area contributed by atoms with Crippen molar-refractivity contribution in [1.82, 2.24) is 4.90 Å². The molecule has 6 nitrogen and oxygen atoms in total. The van der Waals surface area contributed by atoms with E-state index in [4.69, 9.17) is 14.6 Å². The van der Waals surface area contributed by atoms with Gasteiger partial charge < -0.3 is 19.7 Å². The quantitative estimate of drug-likeness (QED) is 0.815. The zero-order valence-corrected chi connectivity index (χ0v) is 10.3. The van der Waals surface area contributed by atoms with Crippen LogP contribution in [-0.4, -0.2) is 53.5 Å². The standard InChI is InChI=1S/C13H15NO5/c15-8-1-2-9-10(7-19-11(9)5-8)14-3-4-18-12(6-14)13(16)17/h1-2,5,10,12,15H,3-4,6-7H2,(H,16,17). The highest BCUT2D eigenvalue weighted by molar-refractivity contribution is 5.72. The van der Waals surface area contributed by atoms with E-state index in [1.54, 1.807) is 12.1 Å². The molecule has 0 amide bonds. The molecule has 1 fully saturated rings. The number of carboxylic acids is 1. The molecule has 0 radical (unpaired) electrons. The number of carboxylic acid groups (broad SMARTS) is 1. The number of hydrogen-bond acceptors (Lipinski definition) is 5. The van der Waals surface area contributed by atoms with Gasteiger partial charge in [-0.15, -0.1) is 0 Å². The van der Waals surface area contributed by atoms with Crippen molar-refractivity contribution in [3.05, 3.63) is 23.8 Å². The minimum atomic E-state index is -0.936. The van der Waals surface area contributed by atoms with Gasteiger partial charge >= 0.3 is 5.97 Å². The molecule has 2 unspecified atom stereocenters. The summed E-state index contributed by atoms with van der Waals surface area (Å²) in [4.78, 5) is 13.0. The molecule has 0 aliphatic carbocycles. The SMILES string of the molecule is O=C(O)C1CN(C2COc3cc(O)ccc32)CCO1. The average Bonchev–Trinajstić information content (AvgIpc) is 2.81. The van der Waals surface area contributed by atoms with Gasteiger partial charge in [-0.2, -0.15) is 0 Å². The number of nitrogens with zero attached hydrogens (tertiary/aromatic N) is 1. The Morgan fingerprint density at radius 1 is 1.42 bits per heavy atom. The summed E-state index contributed by atoms with van der Waals surface area (Å²) in [5.74, 6) is -0.0947. The van der Waals surface area contributed by atoms with Crippen molar-refractivity contribution in [2.75, 3.05) is 26.3 Å². The third-order valence-electron chi connectivity index (χ3n) is 3.57. The summed E-state index contributed by atoms with van der Waals surface area (Å²) >= 11 is 0. The maximum atomic E-state index is 11.0. The molecule has 0 bridgehead atoms. The second-order valence-electron chi connectivity index (χ2n) is 4.74. The topological polar surface area (TPSA) is 79.2 Å². The zero-order chi connectivity index (χ0) is 13.4. The van der Waals surface area contributed by atoms with E-state index in [0.29, 0.717) is 32.1 Å². The lowest BCUT2D eigenvalue weighted by Gasteiger charge is -2.34. The summed E-state index contributed by atoms with van der Waals surface area (Å²) < 4.78 is 10.8. The molecular weight excluding hydrogens is 250 g/mol. The summed E-state index contributed by atoms with van der Waals surface area (Å²) in [6, 6.07) is 5.06. The highest BCUT2D eigenvalue weighted by Gasteiger charge is 2.35. The number of phenols is 1. The number of benzene rings is 1. The van der Waals surface area contributed by atoms with Crippen molar-refractivity contribution < 1.29 is 24.5 Å². The number of phenolic OH excluding ortho intramolecular Hbond substituents is 1. The Balaban J connectivity index is 1.79. The second-order valence-corrected chi connectivity index (χ2v) is 4.74. The number of aromatic hydroxyl groups is 1. The van der Waals surface area contributed by atoms with E-state index in [0.717, 1.165) is 5.56 Å². The third kappa shape index (κ3) is 2.24. The Hall–Kier alpha value is -1.79. The van der Waals surface area contributed by atoms with E-state index in [1.165, 1.54) is 0 Å². The fraction of sp³-hybridized carbons (Fsp3) is 0.462. The fourth-order valence-electron chi connectivity index (χ4n) is 2.59. The lowest BCUT2D eigenvalue weighted by atomic mass is 10.1. The van der Waals surface area contributed by atoms with Crippen molar-refractivity contribution in [3.63, 3.8) is 0 Å². The number of morpholine rings is 1. The van der Waals surface area contributed by atoms with Crippen molar-refractivity contribution in [1.29, 1.82) is 0 Å². The van der Waals surface area contributed by atoms with Crippen LogP contribution in [0.1, 0.15) is 11.6 Å². The third-order valence-corrected chi connectivity index (χ3v) is 3.57. The molecule has 6 heteroatoms. The average molecular weight is 265 g/mol. The van der Waals surface area contributed by atoms with Crippen molar-refractivity contribution in [2.45, 2.75) is 12.1 Å². The van der Waals surface area contributed by atoms with Crippen LogP contribution in [0.3, 0.4) is 0 Å². The van der Waals surface area contributed by atoms with Crippen LogP contribution in [0.5, 0.6) is 11.5 Å². The summed E-state index contributed by atoms with van der Waals surface area (Å²) in [5.41, 5.74) is 0.990. The first-order valence-corrected chi connectivity index (χ1v) is 6.19. The molecule has 1 saturated heterocycles. The Bertz CT molecular complexity index is 504. The molecule has 0 saturated carbocycles. The van der Waals surface area contributed by atoms with Gasteiger partial charge in [0.15, 0.2) is 6.10 Å². The number of hydrogen-bond donors (Lipinski definition) is 2. The van der Waals surface area contributed by atoms with Crippen LogP contribution in [0.2, 0.25) is 0 Å². The molecule has 0 aromatic heterocycles. The molecular formula is C13H15NO5. The Kier molecular flexibility index (Phi) is 3.04. The van der Waals surface area contributed by atoms with Crippen molar-refractivity contribution >= 4 is 5.97 Å². The Labute approximate surface area is 110 Å². The van der Waals surface area contributed by atoms with Crippen LogP contribution < -0.4 is 4.74 Å². The number of carbonyl (C=O) groups is 1. The number of rotatable bonds is 2. The maximum Gasteiger partial charge on any atom is 0.334 e. The summed E-state index contributed by atoms with van der Waals surface area (Å²) in [6.45, 7) is 1.91. The smallest absolute Gasteiger partial charge is 0.334 e. The zero-order valence-electron chi connectivity index (χ0n) is 10.3. The van der Waals surface area contributed by atoms with E-state index >= 15 is 0 Å². The molecule has 102 valence electrons. The summed E-state index contributed by atoms with van der Waals surface area (Å²) in [7, 11) is 0. The molecule has 3 rings (SSSR count). The molecule has 2 aliphatic heterocycles. The van der Waals surface area contributed by atoms with Crippen LogP contribution in [0, 0.1) is 0 Å². The lowest BCUT2D eigenvalue weighted by molar-refractivity contribution is -0.157. The van der Waals surface area contributed by atoms with Crippen molar-refractivity contribution in [3.8, 4) is 11.5 Å². The molecule has 2 atom stereocenters. The Morgan fingerprint density at radius 3 is 3.05 bits per heavy atom. The van der Waals surface area contributed by atoms with Gasteiger partial charge in [0.2, 0.25) is 0 Å². The van der Waals surface area contributed by atoms with Gasteiger partial charge in [0.1, 0.15) is 18.1 Å². The number of ether oxygens (including phenoxy) is 2. The van der Waals surface area contributed by atoms with E-state index in [-0.39, 0.29) is 11.8 Å². The van der Waals surface area contributed by atoms with Gasteiger partial charge in [-0.1, -0.05) is 0 Å². The summed E-state index contributed by atoms with van der Waals surface area (Å²) in [5, 5.41) is 18.4.